The van der Waals surface area contributed by atoms with Crippen molar-refractivity contribution in [1.29, 1.82) is 5.26 Å². The van der Waals surface area contributed by atoms with Crippen LogP contribution in [0.3, 0.4) is 0 Å². The van der Waals surface area contributed by atoms with Crippen LogP contribution in [0, 0.1) is 11.3 Å². The van der Waals surface area contributed by atoms with Crippen molar-refractivity contribution in [3.05, 3.63) is 324 Å². The van der Waals surface area contributed by atoms with Gasteiger partial charge >= 0.3 is 35.0 Å². The fraction of sp³-hybridized carbons (Fsp3) is 0.244. The average molecular weight is 1690 g/mol. The molecule has 0 amide bonds. The van der Waals surface area contributed by atoms with Crippen LogP contribution in [0.2, 0.25) is 0 Å². The normalized spacial score (nSPS) is 13.7. The van der Waals surface area contributed by atoms with Gasteiger partial charge in [-0.3, -0.25) is 34.9 Å². The molecule has 0 radical (unpaired) electrons. The summed E-state index contributed by atoms with van der Waals surface area (Å²) in [6.45, 7) is 3.21. The van der Waals surface area contributed by atoms with Gasteiger partial charge in [-0.15, -0.1) is 0 Å². The predicted molar refractivity (Wildman–Crippen MR) is 448 cm³/mol. The molecule has 0 bridgehead atoms. The van der Waals surface area contributed by atoms with E-state index >= 15 is 0 Å². The minimum Gasteiger partial charge on any atom is -0.293 e. The summed E-state index contributed by atoms with van der Waals surface area (Å²) in [6, 6.07) is 83.4. The van der Waals surface area contributed by atoms with E-state index in [1.807, 2.05) is 105 Å². The van der Waals surface area contributed by atoms with Gasteiger partial charge in [0, 0.05) is 88.4 Å². The molecule has 0 saturated heterocycles. The first-order valence-electron chi connectivity index (χ1n) is 36.5. The van der Waals surface area contributed by atoms with Crippen LogP contribution in [0.15, 0.2) is 320 Å². The van der Waals surface area contributed by atoms with Gasteiger partial charge in [-0.1, -0.05) is 311 Å². The topological polar surface area (TPSA) is 179 Å². The molecule has 29 heteroatoms. The summed E-state index contributed by atoms with van der Waals surface area (Å²) in [7, 11) is -0.117. The molecule has 0 spiro atoms. The fourth-order valence-electron chi connectivity index (χ4n) is 11.5. The van der Waals surface area contributed by atoms with Crippen molar-refractivity contribution in [3.8, 4) is 39.4 Å². The quantitative estimate of drug-likeness (QED) is 0.0649. The zero-order valence-electron chi connectivity index (χ0n) is 66.2. The van der Waals surface area contributed by atoms with Crippen molar-refractivity contribution >= 4 is 59.7 Å². The van der Waals surface area contributed by atoms with E-state index in [1.54, 1.807) is 85.9 Å². The minimum atomic E-state index is -5.68. The van der Waals surface area contributed by atoms with Crippen molar-refractivity contribution in [2.45, 2.75) is 86.2 Å². The molecule has 119 heavy (non-hydrogen) atoms. The number of nitrogens with zero attached hydrogens (tertiary/aromatic N) is 8. The Kier molecular flexibility index (Phi) is 37.7. The summed E-state index contributed by atoms with van der Waals surface area (Å²) in [4.78, 5) is 24.7. The summed E-state index contributed by atoms with van der Waals surface area (Å²) < 4.78 is 244. The van der Waals surface area contributed by atoms with Gasteiger partial charge in [-0.25, -0.2) is 16.8 Å². The first-order chi connectivity index (χ1) is 56.3. The molecule has 1 fully saturated rings. The third kappa shape index (κ3) is 27.7. The smallest absolute Gasteiger partial charge is 0.293 e. The van der Waals surface area contributed by atoms with Gasteiger partial charge in [0.2, 0.25) is 19.7 Å². The standard InChI is InChI=1S/C16H12F5N.C15H12F3N.C15H19F2NO2S.C15H15N.C11H13F2NO2S.C9H8F3N.C9H8N2/c1-22-14(15(17,18)16(19,20)21)13-9-7-12(8-10-13)11-5-3-2-4-6-11;1-19-14(15(16,17)18)13-9-7-12(8-10-13)11-5-3-2-4-6-11;1-18-14(12-8-4-2-5-9-12)15(16,17)21(19,20)13-10-6-3-7-11-13;1-12(16-2)13-8-10-15(11-9-13)14-6-4-3-5-7-14;1-3-17(15,16)11(12,13)10(14-2)9-7-5-4-6-8-9;1-13-8(9(10,11)12)7-5-3-2-4-6-7;1-11-9(7-10)8-5-3-2-4-6-8/h2-10H,1H3;2-10H,1H3;2,4-5,8-9,13H,3,6-7,10-11H2,1H3;3-11H,1-2H3;4-8H,3H2,1-2H3;2-6H,1H3;2-6H,1H3. The first-order valence-corrected chi connectivity index (χ1v) is 39.7. The van der Waals surface area contributed by atoms with Crippen LogP contribution in [0.5, 0.6) is 0 Å². The lowest BCUT2D eigenvalue weighted by Crippen LogP contribution is -2.45. The lowest BCUT2D eigenvalue weighted by molar-refractivity contribution is -0.249. The van der Waals surface area contributed by atoms with E-state index in [0.29, 0.717) is 31.4 Å². The molecule has 0 N–H and O–H groups in total. The Labute approximate surface area is 683 Å². The molecule has 0 aromatic heterocycles. The summed E-state index contributed by atoms with van der Waals surface area (Å²) in [5, 5.41) is -0.286. The van der Waals surface area contributed by atoms with E-state index in [1.165, 1.54) is 103 Å². The number of aliphatic imine (C=N–C) groups is 7. The van der Waals surface area contributed by atoms with Gasteiger partial charge in [-0.2, -0.15) is 71.1 Å². The van der Waals surface area contributed by atoms with Crippen molar-refractivity contribution in [2.75, 3.05) is 55.1 Å². The third-order valence-electron chi connectivity index (χ3n) is 17.8. The fourth-order valence-corrected chi connectivity index (χ4v) is 14.2. The third-order valence-corrected chi connectivity index (χ3v) is 21.8. The maximum absolute atomic E-state index is 14.6. The van der Waals surface area contributed by atoms with E-state index in [2.05, 4.69) is 83.5 Å². The Morgan fingerprint density at radius 3 is 0.857 bits per heavy atom. The van der Waals surface area contributed by atoms with E-state index in [9.17, 15) is 82.7 Å². The van der Waals surface area contributed by atoms with E-state index < -0.39 is 94.2 Å². The number of hydrogen-bond donors (Lipinski definition) is 0. The van der Waals surface area contributed by atoms with Gasteiger partial charge in [0.15, 0.2) is 0 Å². The number of sulfone groups is 2. The number of alkyl halides is 15. The summed E-state index contributed by atoms with van der Waals surface area (Å²) in [6.07, 6.45) is -11.6. The van der Waals surface area contributed by atoms with Crippen LogP contribution >= 0.6 is 0 Å². The molecule has 628 valence electrons. The highest BCUT2D eigenvalue weighted by Gasteiger charge is 2.61. The van der Waals surface area contributed by atoms with Gasteiger partial charge in [0.25, 0.3) is 0 Å². The average Bonchev–Trinajstić information content (AvgIpc) is 0.757. The highest BCUT2D eigenvalue weighted by atomic mass is 32.2. The predicted octanol–water partition coefficient (Wildman–Crippen LogP) is 23.0. The van der Waals surface area contributed by atoms with Gasteiger partial charge in [-0.05, 0) is 58.7 Å². The van der Waals surface area contributed by atoms with Crippen LogP contribution in [-0.2, 0) is 19.7 Å². The Morgan fingerprint density at radius 2 is 0.588 bits per heavy atom. The molecule has 0 unspecified atom stereocenters. The van der Waals surface area contributed by atoms with Crippen molar-refractivity contribution in [2.24, 2.45) is 34.9 Å². The highest BCUT2D eigenvalue weighted by molar-refractivity contribution is 7.94. The van der Waals surface area contributed by atoms with Crippen LogP contribution in [0.4, 0.5) is 65.9 Å². The minimum absolute atomic E-state index is 0.0784. The molecule has 1 aliphatic rings. The first kappa shape index (κ1) is 97.8. The Balaban J connectivity index is 0.000000250. The van der Waals surface area contributed by atoms with Crippen molar-refractivity contribution < 1.29 is 82.7 Å². The van der Waals surface area contributed by atoms with Crippen LogP contribution < -0.4 is 0 Å². The van der Waals surface area contributed by atoms with Crippen LogP contribution in [0.1, 0.15) is 84.9 Å². The molecule has 1 aliphatic carbocycles. The zero-order valence-corrected chi connectivity index (χ0v) is 67.8. The molecule has 12 nitrogen and oxygen atoms in total. The molecule has 0 atom stereocenters. The monoisotopic (exact) mass is 1690 g/mol. The second kappa shape index (κ2) is 45.8. The van der Waals surface area contributed by atoms with Gasteiger partial charge in [0.05, 0.1) is 11.0 Å². The van der Waals surface area contributed by atoms with Crippen molar-refractivity contribution in [3.63, 3.8) is 0 Å². The number of halogens is 15. The Morgan fingerprint density at radius 1 is 0.328 bits per heavy atom. The summed E-state index contributed by atoms with van der Waals surface area (Å²) in [5.41, 5.74) is 5.28. The largest absolute Gasteiger partial charge is 0.459 e. The molecule has 1 saturated carbocycles. The van der Waals surface area contributed by atoms with Gasteiger partial charge < -0.3 is 0 Å². The second-order valence-corrected chi connectivity index (χ2v) is 30.0. The number of hydrogen-bond acceptors (Lipinski definition) is 12. The number of nitriles is 1. The summed E-state index contributed by atoms with van der Waals surface area (Å²) >= 11 is 0. The molecule has 10 aromatic rings. The maximum atomic E-state index is 14.6. The summed E-state index contributed by atoms with van der Waals surface area (Å²) in [5.74, 6) is -5.62. The highest BCUT2D eigenvalue weighted by Crippen LogP contribution is 2.40. The van der Waals surface area contributed by atoms with E-state index in [4.69, 9.17) is 5.26 Å². The van der Waals surface area contributed by atoms with Gasteiger partial charge in [0.1, 0.15) is 40.3 Å². The SMILES string of the molecule is CCS(=O)(=O)C(F)(F)C(=NC)c1ccccc1.CN=C(C#N)c1ccccc1.CN=C(C)c1ccc(-c2ccccc2)cc1.CN=C(c1ccc(-c2ccccc2)cc1)C(F)(F)C(F)(F)F.CN=C(c1ccc(-c2ccccc2)cc1)C(F)(F)F.CN=C(c1ccccc1)C(F)(F)F.CN=C(c1ccccc1)C(F)(F)S(=O)(=O)C1CCCCC1. The Hall–Kier alpha value is -11.8. The molecule has 11 rings (SSSR count). The van der Waals surface area contributed by atoms with Crippen molar-refractivity contribution in [1.82, 2.24) is 0 Å². The number of benzene rings is 10. The second-order valence-electron chi connectivity index (χ2n) is 25.5. The molecule has 0 aliphatic heterocycles. The molecule has 0 heterocycles. The lowest BCUT2D eigenvalue weighted by atomic mass is 9.99. The lowest BCUT2D eigenvalue weighted by Gasteiger charge is -2.27. The zero-order chi connectivity index (χ0) is 88.3. The number of rotatable bonds is 17. The molecular formula is C90H87F15N8O4S2. The van der Waals surface area contributed by atoms with Crippen LogP contribution in [0.25, 0.3) is 33.4 Å². The van der Waals surface area contributed by atoms with E-state index in [0.717, 1.165) is 68.1 Å². The van der Waals surface area contributed by atoms with Crippen LogP contribution in [-0.4, -0.2) is 152 Å². The Bertz CT molecular complexity index is 5280. The molecule has 10 aromatic carbocycles. The molecular weight excluding hydrogens is 1610 g/mol. The maximum Gasteiger partial charge on any atom is 0.459 e. The van der Waals surface area contributed by atoms with E-state index in [-0.39, 0.29) is 27.8 Å².